The normalized spacial score (nSPS) is 12.1. The number of hydrogen-bond acceptors (Lipinski definition) is 22. The zero-order chi connectivity index (χ0) is 111. The SMILES string of the molecule is C/C=C\C(C)=C\c1ccc(O[Si](C)(C)C(C)(C)C)c(OC)c1.CCOC(=O)/C(C)=C/c1ccc(O[Si](C)(C)C(C)(C)C)c(OC)c1.CCOC(=O)C(C)=P(c1ccccc1)(c1ccccc1)c1ccccc1.COc1cc(/C=C(\C)C=O)ccc1O[Si](C)(C)C(C)(C)C.COc1cc(/C=C(\C)CO)ccc1O[Si](C)(C)C(C)(C)C.COc1cc(C=O)ccc1O.COc1cc(C=O)ccc1O[Si](C)(C)C(C)(C)C.[O]=[Mn]=[O]. The maximum absolute atomic E-state index is 12.9. The second-order valence-corrected chi connectivity index (χ2v) is 69.5. The van der Waals surface area contributed by atoms with Gasteiger partial charge in [-0.3, -0.25) is 14.4 Å². The van der Waals surface area contributed by atoms with E-state index in [1.54, 1.807) is 74.5 Å². The minimum absolute atomic E-state index is 0.0399. The van der Waals surface area contributed by atoms with Crippen LogP contribution < -0.4 is 66.5 Å². The third-order valence-corrected chi connectivity index (χ3v) is 51.9. The molecule has 9 aromatic rings. The Morgan fingerprint density at radius 1 is 0.342 bits per heavy atom. The van der Waals surface area contributed by atoms with Crippen molar-refractivity contribution in [1.29, 1.82) is 0 Å². The van der Waals surface area contributed by atoms with Gasteiger partial charge in [0, 0.05) is 22.0 Å². The molecular weight excluding hydrogens is 1980 g/mol. The van der Waals surface area contributed by atoms with Gasteiger partial charge in [-0.1, -0.05) is 249 Å². The summed E-state index contributed by atoms with van der Waals surface area (Å²) in [6.07, 6.45) is 14.2. The van der Waals surface area contributed by atoms with Gasteiger partial charge in [0.2, 0.25) is 0 Å². The van der Waals surface area contributed by atoms with Gasteiger partial charge in [0.25, 0.3) is 41.6 Å². The number of aliphatic hydroxyl groups excluding tert-OH is 1. The quantitative estimate of drug-likeness (QED) is 0.00989. The van der Waals surface area contributed by atoms with E-state index in [1.165, 1.54) is 30.9 Å². The Hall–Kier alpha value is -11.3. The predicted octanol–water partition coefficient (Wildman–Crippen LogP) is 28.9. The summed E-state index contributed by atoms with van der Waals surface area (Å²) in [6, 6.07) is 64.1. The van der Waals surface area contributed by atoms with Crippen LogP contribution >= 0.6 is 6.89 Å². The Kier molecular flexibility index (Phi) is 53.9. The monoisotopic (exact) mass is 2150 g/mol. The number of carbonyl (C=O) groups is 5. The number of rotatable bonds is 32. The number of allylic oxidation sites excluding steroid dienone is 4. The molecule has 0 bridgehead atoms. The topological polar surface area (TPSA) is 280 Å². The zero-order valence-corrected chi connectivity index (χ0v) is 101. The average Bonchev–Trinajstić information content (AvgIpc) is 0.735. The number of carbonyl (C=O) groups excluding carboxylic acids is 5. The predicted molar refractivity (Wildman–Crippen MR) is 613 cm³/mol. The summed E-state index contributed by atoms with van der Waals surface area (Å²) in [5.41, 5.74) is 8.36. The van der Waals surface area contributed by atoms with E-state index in [2.05, 4.69) is 231 Å². The van der Waals surface area contributed by atoms with E-state index in [0.29, 0.717) is 64.8 Å². The van der Waals surface area contributed by atoms with E-state index in [0.717, 1.165) is 102 Å². The molecule has 0 saturated heterocycles. The molecule has 0 aliphatic heterocycles. The minimum atomic E-state index is -2.29. The van der Waals surface area contributed by atoms with Crippen molar-refractivity contribution in [2.75, 3.05) is 62.5 Å². The van der Waals surface area contributed by atoms with Gasteiger partial charge in [-0.25, -0.2) is 9.59 Å². The summed E-state index contributed by atoms with van der Waals surface area (Å²) >= 11 is -1.44. The van der Waals surface area contributed by atoms with Crippen LogP contribution in [0, 0.1) is 0 Å². The molecule has 0 aliphatic carbocycles. The Labute approximate surface area is 884 Å². The zero-order valence-electron chi connectivity index (χ0n) is 94.3. The van der Waals surface area contributed by atoms with Gasteiger partial charge in [0.1, 0.15) is 47.6 Å². The first kappa shape index (κ1) is 131. The molecule has 0 heterocycles. The molecule has 799 valence electrons. The third kappa shape index (κ3) is 40.7. The number of aliphatic hydroxyl groups is 1. The number of aldehydes is 3. The molecular formula is C117H167MnO22PSi5. The van der Waals surface area contributed by atoms with Crippen LogP contribution in [0.2, 0.25) is 90.7 Å². The van der Waals surface area contributed by atoms with E-state index in [4.69, 9.17) is 77.9 Å². The summed E-state index contributed by atoms with van der Waals surface area (Å²) < 4.78 is 90.7. The van der Waals surface area contributed by atoms with Crippen LogP contribution in [0.5, 0.6) is 69.0 Å². The fourth-order valence-corrected chi connectivity index (χ4v) is 21.7. The number of methoxy groups -OCH3 is 6. The Morgan fingerprint density at radius 3 is 0.842 bits per heavy atom. The van der Waals surface area contributed by atoms with Gasteiger partial charge in [-0.2, -0.15) is 0 Å². The van der Waals surface area contributed by atoms with Crippen molar-refractivity contribution in [2.45, 2.75) is 250 Å². The molecule has 0 radical (unpaired) electrons. The van der Waals surface area contributed by atoms with Crippen LogP contribution in [0.3, 0.4) is 0 Å². The molecule has 0 aromatic heterocycles. The second kappa shape index (κ2) is 60.2. The molecule has 2 N–H and O–H groups in total. The number of ether oxygens (including phenoxy) is 8. The third-order valence-electron chi connectivity index (χ3n) is 25.8. The summed E-state index contributed by atoms with van der Waals surface area (Å²) in [5, 5.41) is 23.1. The van der Waals surface area contributed by atoms with Crippen molar-refractivity contribution >= 4 is 125 Å². The van der Waals surface area contributed by atoms with Gasteiger partial charge in [0.15, 0.2) is 40.2 Å². The van der Waals surface area contributed by atoms with E-state index in [9.17, 15) is 24.0 Å². The first-order valence-corrected chi connectivity index (χ1v) is 65.9. The van der Waals surface area contributed by atoms with Gasteiger partial charge in [0.05, 0.1) is 62.5 Å². The van der Waals surface area contributed by atoms with E-state index in [1.807, 2.05) is 173 Å². The Bertz CT molecular complexity index is 5820. The van der Waals surface area contributed by atoms with Gasteiger partial charge in [-0.15, -0.1) is 0 Å². The van der Waals surface area contributed by atoms with E-state index in [-0.39, 0.29) is 49.5 Å². The Morgan fingerprint density at radius 2 is 0.589 bits per heavy atom. The number of hydrogen-bond donors (Lipinski definition) is 2. The van der Waals surface area contributed by atoms with Gasteiger partial charge < -0.3 is 70.2 Å². The molecule has 0 atom stereocenters. The van der Waals surface area contributed by atoms with Crippen molar-refractivity contribution in [2.24, 2.45) is 0 Å². The molecule has 0 spiro atoms. The molecule has 146 heavy (non-hydrogen) atoms. The van der Waals surface area contributed by atoms with Gasteiger partial charge in [-0.05, 0) is 299 Å². The van der Waals surface area contributed by atoms with Crippen molar-refractivity contribution in [1.82, 2.24) is 0 Å². The fraction of sp³-hybridized carbons (Fsp3) is 0.402. The Balaban J connectivity index is 0.000000578. The number of aromatic hydroxyl groups is 1. The van der Waals surface area contributed by atoms with Crippen LogP contribution in [0.15, 0.2) is 235 Å². The molecule has 0 unspecified atom stereocenters. The summed E-state index contributed by atoms with van der Waals surface area (Å²) in [5.74, 6) is 7.21. The summed E-state index contributed by atoms with van der Waals surface area (Å²) in [6.45, 7) is 68.8. The number of benzene rings is 9. The molecule has 9 rings (SSSR count). The van der Waals surface area contributed by atoms with Crippen LogP contribution in [0.25, 0.3) is 24.3 Å². The van der Waals surface area contributed by atoms with E-state index < -0.39 is 63.3 Å². The van der Waals surface area contributed by atoms with Gasteiger partial charge >= 0.3 is 34.4 Å². The first-order chi connectivity index (χ1) is 67.9. The second-order valence-electron chi connectivity index (χ2n) is 42.2. The first-order valence-electron chi connectivity index (χ1n) is 48.6. The van der Waals surface area contributed by atoms with Crippen molar-refractivity contribution < 1.29 is 117 Å². The standard InChI is InChI=1S/C23H23O2P.C19H30O4Si.C19H30O2Si.C17H28O3Si.C17H26O3Si.C14H22O3Si.C8H8O3.Mn.2O/c1-3-25-23(24)19(2)26(20-13-7-4-8-14-20,21-15-9-5-10-16-21)22-17-11-6-12-18-22;1-9-22-18(20)14(2)12-15-10-11-16(17(13-15)21-6)23-24(7,8)19(3,4)5;1-9-10-15(2)13-16-11-12-17(18(14-16)20-6)21-22(7,8)19(3,4)5;2*1-13(12-18)10-14-8-9-15(16(11-14)19-5)20-21(6,7)17(2,3)4;1-14(2,3)18(5,6)17-12-8-7-11(10-15)9-13(12)16-4;1-11-8-4-6(5-9)2-3-7(8)10;;;/h4-18H,3H2,1-2H3;10-13H,9H2,1-8H3;9-14H,1-8H3;8-11,18H,12H2,1-7H3;8-12H,1-7H3;7-10H,1-6H3;2-5,10H,1H3;;;/b;14-12+;10-9-,15-13+;2*13-10+;;;;;. The molecule has 0 aliphatic rings. The number of phenols is 1. The van der Waals surface area contributed by atoms with Crippen molar-refractivity contribution in [3.63, 3.8) is 0 Å². The molecule has 22 nitrogen and oxygen atoms in total. The maximum atomic E-state index is 12.9. The number of esters is 2. The summed E-state index contributed by atoms with van der Waals surface area (Å²) in [7, 11) is 0.146. The molecule has 0 saturated carbocycles. The van der Waals surface area contributed by atoms with Crippen LogP contribution in [-0.4, -0.2) is 150 Å². The van der Waals surface area contributed by atoms with Crippen LogP contribution in [0.1, 0.15) is 202 Å². The fourth-order valence-electron chi connectivity index (χ4n) is 12.3. The summed E-state index contributed by atoms with van der Waals surface area (Å²) in [4.78, 5) is 56.3. The van der Waals surface area contributed by atoms with Crippen LogP contribution in [0.4, 0.5) is 0 Å². The van der Waals surface area contributed by atoms with E-state index >= 15 is 0 Å². The molecule has 29 heteroatoms. The van der Waals surface area contributed by atoms with Crippen molar-refractivity contribution in [3.05, 3.63) is 268 Å². The molecule has 0 fully saturated rings. The molecule has 0 amide bonds. The number of phenolic OH excluding ortho intramolecular Hbond substituents is 1. The average molecular weight is 2150 g/mol. The molecule has 9 aromatic carbocycles. The van der Waals surface area contributed by atoms with Crippen molar-refractivity contribution in [3.8, 4) is 69.0 Å². The van der Waals surface area contributed by atoms with Crippen LogP contribution in [-0.2, 0) is 46.3 Å².